The molecule has 0 heterocycles. The molecule has 0 radical (unpaired) electrons. The third kappa shape index (κ3) is 8.17. The van der Waals surface area contributed by atoms with Crippen LogP contribution in [0.3, 0.4) is 0 Å². The van der Waals surface area contributed by atoms with E-state index in [9.17, 15) is 0 Å². The molecule has 0 bridgehead atoms. The van der Waals surface area contributed by atoms with E-state index in [1.807, 2.05) is 0 Å². The largest absolute Gasteiger partial charge is 0.395 e. The van der Waals surface area contributed by atoms with Gasteiger partial charge in [0.2, 0.25) is 0 Å². The topological polar surface area (TPSA) is 72.3 Å². The minimum atomic E-state index is -0.0449. The van der Waals surface area contributed by atoms with Gasteiger partial charge in [0.15, 0.2) is 0 Å². The van der Waals surface area contributed by atoms with Crippen LogP contribution in [-0.2, 0) is 0 Å². The van der Waals surface area contributed by atoms with Gasteiger partial charge in [0.25, 0.3) is 0 Å². The second-order valence-electron chi connectivity index (χ2n) is 2.23. The van der Waals surface area contributed by atoms with Crippen LogP contribution in [0.25, 0.3) is 0 Å². The summed E-state index contributed by atoms with van der Waals surface area (Å²) in [6.07, 6.45) is 2.92. The van der Waals surface area contributed by atoms with E-state index < -0.39 is 0 Å². The molecule has 0 saturated heterocycles. The number of aliphatic hydroxyl groups excluding tert-OH is 1. The molecule has 0 aromatic rings. The van der Waals surface area contributed by atoms with Crippen molar-refractivity contribution in [3.63, 3.8) is 0 Å². The zero-order chi connectivity index (χ0) is 7.11. The molecule has 10 heavy (non-hydrogen) atoms. The predicted octanol–water partition coefficient (Wildman–Crippen LogP) is -0.143. The van der Waals surface area contributed by atoms with Crippen molar-refractivity contribution in [3.05, 3.63) is 0 Å². The molecule has 0 unspecified atom stereocenters. The summed E-state index contributed by atoms with van der Waals surface area (Å²) in [5, 5.41) is 8.48. The molecule has 0 saturated carbocycles. The third-order valence-electron chi connectivity index (χ3n) is 1.26. The summed E-state index contributed by atoms with van der Waals surface area (Å²) in [4.78, 5) is 0. The zero-order valence-electron chi connectivity index (χ0n) is 6.12. The highest BCUT2D eigenvalue weighted by Crippen LogP contribution is 1.95. The summed E-state index contributed by atoms with van der Waals surface area (Å²) in [6.45, 7) is 0.808. The van der Waals surface area contributed by atoms with Crippen LogP contribution in [0.2, 0.25) is 0 Å². The van der Waals surface area contributed by atoms with Crippen molar-refractivity contribution in [1.82, 2.24) is 0 Å². The maximum Gasteiger partial charge on any atom is 0.0582 e. The highest BCUT2D eigenvalue weighted by Gasteiger charge is 1.97. The Hall–Kier alpha value is 0.170. The van der Waals surface area contributed by atoms with Gasteiger partial charge >= 0.3 is 0 Å². The predicted molar refractivity (Wildman–Crippen MR) is 45.2 cm³/mol. The summed E-state index contributed by atoms with van der Waals surface area (Å²) in [5.74, 6) is 0. The van der Waals surface area contributed by atoms with E-state index in [4.69, 9.17) is 16.6 Å². The maximum absolute atomic E-state index is 8.48. The van der Waals surface area contributed by atoms with Crippen molar-refractivity contribution in [2.45, 2.75) is 25.3 Å². The van der Waals surface area contributed by atoms with Crippen LogP contribution in [0, 0.1) is 0 Å². The van der Waals surface area contributed by atoms with E-state index in [-0.39, 0.29) is 25.1 Å². The van der Waals surface area contributed by atoms with Crippen LogP contribution in [0.1, 0.15) is 19.3 Å². The Kier molecular flexibility index (Phi) is 11.7. The van der Waals surface area contributed by atoms with Crippen molar-refractivity contribution in [1.29, 1.82) is 0 Å². The molecule has 0 aromatic heterocycles. The highest BCUT2D eigenvalue weighted by molar-refractivity contribution is 5.85. The molecule has 4 heteroatoms. The Balaban J connectivity index is 0. The average Bonchev–Trinajstić information content (AvgIpc) is 1.89. The first kappa shape index (κ1) is 12.8. The first-order valence-corrected chi connectivity index (χ1v) is 3.37. The first-order chi connectivity index (χ1) is 4.31. The summed E-state index contributed by atoms with van der Waals surface area (Å²) in [5.41, 5.74) is 10.7. The van der Waals surface area contributed by atoms with Gasteiger partial charge in [0, 0.05) is 6.04 Å². The fraction of sp³-hybridized carbons (Fsp3) is 1.00. The monoisotopic (exact) mass is 168 g/mol. The molecule has 0 aliphatic carbocycles. The Morgan fingerprint density at radius 1 is 1.30 bits per heavy atom. The molecular weight excluding hydrogens is 152 g/mol. The van der Waals surface area contributed by atoms with Gasteiger partial charge in [-0.3, -0.25) is 0 Å². The lowest BCUT2D eigenvalue weighted by Gasteiger charge is -2.05. The third-order valence-corrected chi connectivity index (χ3v) is 1.26. The Morgan fingerprint density at radius 2 is 1.90 bits per heavy atom. The average molecular weight is 169 g/mol. The summed E-state index contributed by atoms with van der Waals surface area (Å²) in [7, 11) is 0. The number of unbranched alkanes of at least 4 members (excludes halogenated alkanes) is 1. The molecule has 0 fully saturated rings. The van der Waals surface area contributed by atoms with E-state index in [1.165, 1.54) is 0 Å². The zero-order valence-corrected chi connectivity index (χ0v) is 6.94. The Morgan fingerprint density at radius 3 is 2.30 bits per heavy atom. The molecular formula is C6H17ClN2O. The molecule has 0 spiro atoms. The smallest absolute Gasteiger partial charge is 0.0582 e. The number of hydrogen-bond acceptors (Lipinski definition) is 3. The number of rotatable bonds is 5. The Bertz CT molecular complexity index is 63.7. The summed E-state index contributed by atoms with van der Waals surface area (Å²) >= 11 is 0. The molecule has 1 atom stereocenters. The number of aliphatic hydroxyl groups is 1. The van der Waals surface area contributed by atoms with Crippen LogP contribution < -0.4 is 11.5 Å². The number of hydrogen-bond donors (Lipinski definition) is 3. The van der Waals surface area contributed by atoms with Crippen molar-refractivity contribution >= 4 is 12.4 Å². The molecule has 3 nitrogen and oxygen atoms in total. The van der Waals surface area contributed by atoms with Crippen LogP contribution in [-0.4, -0.2) is 24.3 Å². The van der Waals surface area contributed by atoms with E-state index in [0.717, 1.165) is 25.8 Å². The lowest BCUT2D eigenvalue weighted by molar-refractivity contribution is 0.258. The molecule has 0 aromatic carbocycles. The normalized spacial score (nSPS) is 12.3. The van der Waals surface area contributed by atoms with E-state index in [0.29, 0.717) is 0 Å². The minimum absolute atomic E-state index is 0. The molecule has 0 amide bonds. The minimum Gasteiger partial charge on any atom is -0.395 e. The van der Waals surface area contributed by atoms with Crippen LogP contribution in [0.4, 0.5) is 0 Å². The summed E-state index contributed by atoms with van der Waals surface area (Å²) < 4.78 is 0. The van der Waals surface area contributed by atoms with E-state index >= 15 is 0 Å². The van der Waals surface area contributed by atoms with E-state index in [2.05, 4.69) is 0 Å². The fourth-order valence-electron chi connectivity index (χ4n) is 0.642. The van der Waals surface area contributed by atoms with Crippen LogP contribution in [0.5, 0.6) is 0 Å². The van der Waals surface area contributed by atoms with Gasteiger partial charge in [-0.25, -0.2) is 0 Å². The SMILES string of the molecule is Cl.NCCCC[C@H](N)CO. The van der Waals surface area contributed by atoms with Gasteiger partial charge in [-0.2, -0.15) is 0 Å². The molecule has 0 aliphatic heterocycles. The van der Waals surface area contributed by atoms with Gasteiger partial charge in [0.1, 0.15) is 0 Å². The lowest BCUT2D eigenvalue weighted by atomic mass is 10.1. The van der Waals surface area contributed by atoms with Crippen LogP contribution in [0.15, 0.2) is 0 Å². The Labute approximate surface area is 68.2 Å². The van der Waals surface area contributed by atoms with Gasteiger partial charge in [-0.05, 0) is 19.4 Å². The second-order valence-corrected chi connectivity index (χ2v) is 2.23. The van der Waals surface area contributed by atoms with Gasteiger partial charge in [-0.15, -0.1) is 12.4 Å². The van der Waals surface area contributed by atoms with Crippen molar-refractivity contribution in [2.24, 2.45) is 11.5 Å². The fourth-order valence-corrected chi connectivity index (χ4v) is 0.642. The first-order valence-electron chi connectivity index (χ1n) is 3.37. The standard InChI is InChI=1S/C6H16N2O.ClH/c7-4-2-1-3-6(8)5-9;/h6,9H,1-5,7-8H2;1H/t6-;/m0./s1. The van der Waals surface area contributed by atoms with Gasteiger partial charge in [-0.1, -0.05) is 6.42 Å². The number of halogens is 1. The molecule has 0 rings (SSSR count). The second kappa shape index (κ2) is 9.17. The molecule has 64 valence electrons. The van der Waals surface area contributed by atoms with Crippen molar-refractivity contribution in [2.75, 3.05) is 13.2 Å². The maximum atomic E-state index is 8.48. The lowest BCUT2D eigenvalue weighted by Crippen LogP contribution is -2.24. The number of nitrogens with two attached hydrogens (primary N) is 2. The van der Waals surface area contributed by atoms with Crippen LogP contribution >= 0.6 is 12.4 Å². The van der Waals surface area contributed by atoms with Crippen molar-refractivity contribution in [3.8, 4) is 0 Å². The quantitative estimate of drug-likeness (QED) is 0.501. The van der Waals surface area contributed by atoms with Gasteiger partial charge < -0.3 is 16.6 Å². The summed E-state index contributed by atoms with van der Waals surface area (Å²) in [6, 6.07) is -0.0449. The molecule has 0 aliphatic rings. The van der Waals surface area contributed by atoms with Crippen molar-refractivity contribution < 1.29 is 5.11 Å². The van der Waals surface area contributed by atoms with E-state index in [1.54, 1.807) is 0 Å². The molecule has 5 N–H and O–H groups in total. The van der Waals surface area contributed by atoms with Gasteiger partial charge in [0.05, 0.1) is 6.61 Å². The highest BCUT2D eigenvalue weighted by atomic mass is 35.5.